The summed E-state index contributed by atoms with van der Waals surface area (Å²) in [6.07, 6.45) is 0. The van der Waals surface area contributed by atoms with Crippen molar-refractivity contribution in [2.24, 2.45) is 0 Å². The maximum Gasteiger partial charge on any atom is 0.534 e. The van der Waals surface area contributed by atoms with Gasteiger partial charge in [0.1, 0.15) is 11.3 Å². The van der Waals surface area contributed by atoms with Crippen LogP contribution in [0.5, 0.6) is 5.75 Å². The first kappa shape index (κ1) is 18.1. The number of carbonyl (C=O) groups excluding carboxylic acids is 1. The number of carbonyl (C=O) groups is 1. The molecular weight excluding hydrogens is 371 g/mol. The number of anilines is 1. The molecule has 2 rings (SSSR count). The maximum atomic E-state index is 12.2. The first-order valence-electron chi connectivity index (χ1n) is 6.28. The Morgan fingerprint density at radius 3 is 2.42 bits per heavy atom. The van der Waals surface area contributed by atoms with E-state index in [0.717, 1.165) is 23.5 Å². The van der Waals surface area contributed by atoms with E-state index in [1.165, 1.54) is 17.6 Å². The quantitative estimate of drug-likeness (QED) is 0.631. The zero-order valence-electron chi connectivity index (χ0n) is 11.9. The summed E-state index contributed by atoms with van der Waals surface area (Å²) in [5.41, 5.74) is -3.62. The summed E-state index contributed by atoms with van der Waals surface area (Å²) in [7, 11) is -5.73. The largest absolute Gasteiger partial charge is 0.534 e. The van der Waals surface area contributed by atoms with Crippen molar-refractivity contribution in [1.29, 1.82) is 0 Å². The van der Waals surface area contributed by atoms with Gasteiger partial charge in [-0.05, 0) is 24.6 Å². The Kier molecular flexibility index (Phi) is 5.08. The molecule has 0 saturated carbocycles. The molecule has 0 aliphatic carbocycles. The van der Waals surface area contributed by atoms with Crippen LogP contribution in [0.3, 0.4) is 0 Å². The van der Waals surface area contributed by atoms with Gasteiger partial charge in [0.25, 0.3) is 0 Å². The molecule has 7 nitrogen and oxygen atoms in total. The number of halogens is 3. The number of aromatic nitrogens is 2. The molecule has 12 heteroatoms. The highest BCUT2D eigenvalue weighted by atomic mass is 32.2. The molecule has 1 heterocycles. The number of nitrogens with one attached hydrogen (secondary N) is 1. The first-order chi connectivity index (χ1) is 11.1. The zero-order chi connectivity index (χ0) is 18.0. The number of amides is 1. The average Bonchev–Trinajstić information content (AvgIpc) is 2.98. The molecular formula is C12H10F3N3O4S2. The van der Waals surface area contributed by atoms with Crippen LogP contribution in [0, 0.1) is 0 Å². The number of nitrogens with zero attached hydrogens (tertiary/aromatic N) is 2. The summed E-state index contributed by atoms with van der Waals surface area (Å²) in [5, 5.41) is 10.0. The fraction of sp³-hybridized carbons (Fsp3) is 0.250. The molecule has 1 aromatic heterocycles. The molecule has 0 saturated heterocycles. The van der Waals surface area contributed by atoms with E-state index in [1.807, 2.05) is 0 Å². The van der Waals surface area contributed by atoms with Crippen LogP contribution in [0.25, 0.3) is 0 Å². The van der Waals surface area contributed by atoms with Crippen LogP contribution in [0.15, 0.2) is 29.8 Å². The summed E-state index contributed by atoms with van der Waals surface area (Å²) in [6.45, 7) is 1.57. The molecule has 0 bridgehead atoms. The van der Waals surface area contributed by atoms with E-state index < -0.39 is 33.2 Å². The molecule has 1 N–H and O–H groups in total. The fourth-order valence-electron chi connectivity index (χ4n) is 1.58. The third kappa shape index (κ3) is 4.20. The van der Waals surface area contributed by atoms with Crippen molar-refractivity contribution >= 4 is 32.5 Å². The van der Waals surface area contributed by atoms with E-state index in [-0.39, 0.29) is 0 Å². The van der Waals surface area contributed by atoms with Crippen molar-refractivity contribution in [1.82, 2.24) is 10.2 Å². The monoisotopic (exact) mass is 381 g/mol. The second-order valence-electron chi connectivity index (χ2n) is 4.51. The average molecular weight is 381 g/mol. The number of rotatable bonds is 5. The van der Waals surface area contributed by atoms with Gasteiger partial charge in [0, 0.05) is 0 Å². The summed E-state index contributed by atoms with van der Waals surface area (Å²) in [4.78, 5) is 12.0. The summed E-state index contributed by atoms with van der Waals surface area (Å²) >= 11 is 1.13. The van der Waals surface area contributed by atoms with E-state index in [0.29, 0.717) is 10.7 Å². The van der Waals surface area contributed by atoms with Crippen LogP contribution in [-0.2, 0) is 14.9 Å². The van der Waals surface area contributed by atoms with Crippen molar-refractivity contribution in [3.63, 3.8) is 0 Å². The minimum atomic E-state index is -5.73. The molecule has 0 aliphatic rings. The lowest BCUT2D eigenvalue weighted by atomic mass is 10.0. The lowest BCUT2D eigenvalue weighted by Crippen LogP contribution is -2.28. The Bertz CT molecular complexity index is 805. The topological polar surface area (TPSA) is 98.2 Å². The predicted molar refractivity (Wildman–Crippen MR) is 79.0 cm³/mol. The summed E-state index contributed by atoms with van der Waals surface area (Å²) in [5.74, 6) is -1.56. The molecule has 1 aromatic carbocycles. The van der Waals surface area contributed by atoms with Gasteiger partial charge in [-0.2, -0.15) is 21.6 Å². The highest BCUT2D eigenvalue weighted by Crippen LogP contribution is 2.28. The fourth-order valence-corrected chi connectivity index (χ4v) is 2.49. The van der Waals surface area contributed by atoms with Crippen LogP contribution < -0.4 is 9.50 Å². The lowest BCUT2D eigenvalue weighted by Gasteiger charge is -2.12. The van der Waals surface area contributed by atoms with Crippen LogP contribution >= 0.6 is 11.3 Å². The second-order valence-corrected chi connectivity index (χ2v) is 6.88. The normalized spacial score (nSPS) is 13.3. The van der Waals surface area contributed by atoms with Crippen molar-refractivity contribution in [2.45, 2.75) is 18.3 Å². The van der Waals surface area contributed by atoms with Gasteiger partial charge in [-0.15, -0.1) is 10.2 Å². The third-order valence-electron chi connectivity index (χ3n) is 2.85. The lowest BCUT2D eigenvalue weighted by molar-refractivity contribution is -0.117. The first-order valence-corrected chi connectivity index (χ1v) is 8.56. The van der Waals surface area contributed by atoms with E-state index in [2.05, 4.69) is 19.7 Å². The third-order valence-corrected chi connectivity index (χ3v) is 4.44. The smallest absolute Gasteiger partial charge is 0.376 e. The molecule has 2 aromatic rings. The predicted octanol–water partition coefficient (Wildman–Crippen LogP) is 2.51. The SMILES string of the molecule is C[C@@H](C(=O)Nc1nncs1)c1ccc(OS(=O)(=O)C(F)(F)F)cc1. The van der Waals surface area contributed by atoms with E-state index in [1.54, 1.807) is 6.92 Å². The van der Waals surface area contributed by atoms with Crippen LogP contribution in [0.2, 0.25) is 0 Å². The van der Waals surface area contributed by atoms with Crippen molar-refractivity contribution in [3.8, 4) is 5.75 Å². The Balaban J connectivity index is 2.07. The van der Waals surface area contributed by atoms with Crippen LogP contribution in [-0.4, -0.2) is 30.0 Å². The minimum absolute atomic E-state index is 0.308. The summed E-state index contributed by atoms with van der Waals surface area (Å²) < 4.78 is 62.5. The maximum absolute atomic E-state index is 12.2. The van der Waals surface area contributed by atoms with Gasteiger partial charge < -0.3 is 9.50 Å². The van der Waals surface area contributed by atoms with Gasteiger partial charge in [0.05, 0.1) is 5.92 Å². The van der Waals surface area contributed by atoms with Crippen molar-refractivity contribution in [2.75, 3.05) is 5.32 Å². The van der Waals surface area contributed by atoms with E-state index in [9.17, 15) is 26.4 Å². The van der Waals surface area contributed by atoms with Gasteiger partial charge in [-0.1, -0.05) is 23.5 Å². The highest BCUT2D eigenvalue weighted by molar-refractivity contribution is 7.88. The molecule has 0 aliphatic heterocycles. The van der Waals surface area contributed by atoms with E-state index in [4.69, 9.17) is 0 Å². The van der Waals surface area contributed by atoms with Gasteiger partial charge in [-0.3, -0.25) is 4.79 Å². The molecule has 130 valence electrons. The zero-order valence-corrected chi connectivity index (χ0v) is 13.6. The van der Waals surface area contributed by atoms with Crippen molar-refractivity contribution < 1.29 is 30.6 Å². The molecule has 1 atom stereocenters. The Morgan fingerprint density at radius 1 is 1.29 bits per heavy atom. The van der Waals surface area contributed by atoms with Gasteiger partial charge in [0.15, 0.2) is 0 Å². The number of benzene rings is 1. The molecule has 0 spiro atoms. The minimum Gasteiger partial charge on any atom is -0.376 e. The molecule has 0 radical (unpaired) electrons. The molecule has 0 unspecified atom stereocenters. The standard InChI is InChI=1S/C12H10F3N3O4S2/c1-7(10(19)17-11-18-16-6-23-11)8-2-4-9(5-3-8)22-24(20,21)12(13,14)15/h2-7H,1H3,(H,17,18,19)/t7-/m1/s1. The highest BCUT2D eigenvalue weighted by Gasteiger charge is 2.48. The van der Waals surface area contributed by atoms with Crippen LogP contribution in [0.4, 0.5) is 18.3 Å². The van der Waals surface area contributed by atoms with Gasteiger partial charge >= 0.3 is 15.6 Å². The number of alkyl halides is 3. The number of hydrogen-bond donors (Lipinski definition) is 1. The number of hydrogen-bond acceptors (Lipinski definition) is 7. The van der Waals surface area contributed by atoms with Crippen molar-refractivity contribution in [3.05, 3.63) is 35.3 Å². The molecule has 0 fully saturated rings. The Hall–Kier alpha value is -2.21. The van der Waals surface area contributed by atoms with Gasteiger partial charge in [0.2, 0.25) is 11.0 Å². The molecule has 24 heavy (non-hydrogen) atoms. The molecule has 1 amide bonds. The van der Waals surface area contributed by atoms with Gasteiger partial charge in [-0.25, -0.2) is 0 Å². The second kappa shape index (κ2) is 6.73. The van der Waals surface area contributed by atoms with Crippen LogP contribution in [0.1, 0.15) is 18.4 Å². The Morgan fingerprint density at radius 2 is 1.92 bits per heavy atom. The Labute approximate surface area is 138 Å². The summed E-state index contributed by atoms with van der Waals surface area (Å²) in [6, 6.07) is 4.66. The van der Waals surface area contributed by atoms with E-state index >= 15 is 0 Å².